The Labute approximate surface area is 619 Å². The molecule has 0 radical (unpaired) electrons. The number of carboxylic acid groups (broad SMARTS) is 1. The molecule has 0 aromatic heterocycles. The Balaban J connectivity index is 3.51. The lowest BCUT2D eigenvalue weighted by atomic mass is 9.97. The van der Waals surface area contributed by atoms with Gasteiger partial charge in [0.15, 0.2) is 0 Å². The average Bonchev–Trinajstić information content (AvgIpc) is 0.849. The zero-order valence-corrected chi connectivity index (χ0v) is 64.3. The maximum absolute atomic E-state index is 14.4. The van der Waals surface area contributed by atoms with Crippen molar-refractivity contribution in [2.24, 2.45) is 64.2 Å². The van der Waals surface area contributed by atoms with E-state index in [1.165, 1.54) is 38.1 Å². The van der Waals surface area contributed by atoms with Crippen molar-refractivity contribution in [2.45, 2.75) is 278 Å². The van der Waals surface area contributed by atoms with Gasteiger partial charge in [0.2, 0.25) is 70.9 Å². The molecule has 25 N–H and O–H groups in total. The first-order valence-electron chi connectivity index (χ1n) is 37.1. The summed E-state index contributed by atoms with van der Waals surface area (Å²) in [7, 11) is 0. The smallest absolute Gasteiger partial charge is 0.326 e. The Morgan fingerprint density at radius 1 is 0.333 bits per heavy atom. The van der Waals surface area contributed by atoms with E-state index in [1.54, 1.807) is 83.1 Å². The van der Waals surface area contributed by atoms with E-state index in [9.17, 15) is 77.6 Å². The summed E-state index contributed by atoms with van der Waals surface area (Å²) < 4.78 is 0. The molecule has 33 heteroatoms. The van der Waals surface area contributed by atoms with Crippen molar-refractivity contribution in [1.82, 2.24) is 63.8 Å². The van der Waals surface area contributed by atoms with Crippen LogP contribution < -0.4 is 92.5 Å². The minimum atomic E-state index is -1.78. The van der Waals surface area contributed by atoms with Gasteiger partial charge in [-0.15, -0.1) is 0 Å². The van der Waals surface area contributed by atoms with Crippen molar-refractivity contribution in [3.63, 3.8) is 0 Å². The Morgan fingerprint density at radius 3 is 0.981 bits per heavy atom. The quantitative estimate of drug-likeness (QED) is 0.0341. The van der Waals surface area contributed by atoms with Gasteiger partial charge in [-0.3, -0.25) is 57.5 Å². The van der Waals surface area contributed by atoms with Crippen LogP contribution in [0.5, 0.6) is 5.75 Å². The third-order valence-corrected chi connectivity index (χ3v) is 17.5. The zero-order chi connectivity index (χ0) is 80.0. The molecule has 0 aliphatic rings. The first-order valence-corrected chi connectivity index (χ1v) is 37.1. The van der Waals surface area contributed by atoms with Crippen LogP contribution in [0.3, 0.4) is 0 Å². The summed E-state index contributed by atoms with van der Waals surface area (Å²) >= 11 is 0. The lowest BCUT2D eigenvalue weighted by Crippen LogP contribution is -2.62. The van der Waals surface area contributed by atoms with Crippen LogP contribution in [0.1, 0.15) is 192 Å². The van der Waals surface area contributed by atoms with Crippen molar-refractivity contribution < 1.29 is 77.6 Å². The molecule has 1 rings (SSSR count). The second-order valence-electron chi connectivity index (χ2n) is 29.5. The Hall–Kier alpha value is -8.11. The number of phenols is 1. The highest BCUT2D eigenvalue weighted by Gasteiger charge is 2.39. The van der Waals surface area contributed by atoms with Crippen molar-refractivity contribution in [3.8, 4) is 5.75 Å². The van der Waals surface area contributed by atoms with Crippen LogP contribution in [0.2, 0.25) is 0 Å². The molecule has 0 fully saturated rings. The predicted molar refractivity (Wildman–Crippen MR) is 398 cm³/mol. The van der Waals surface area contributed by atoms with E-state index in [0.29, 0.717) is 76.4 Å². The third kappa shape index (κ3) is 35.7. The highest BCUT2D eigenvalue weighted by molar-refractivity contribution is 6.00. The lowest BCUT2D eigenvalue weighted by Gasteiger charge is -2.30. The van der Waals surface area contributed by atoms with Crippen LogP contribution in [0, 0.1) is 35.5 Å². The maximum atomic E-state index is 14.4. The highest BCUT2D eigenvalue weighted by atomic mass is 16.4. The number of nitrogens with one attached hydrogen (secondary N) is 12. The van der Waals surface area contributed by atoms with Gasteiger partial charge in [0, 0.05) is 6.42 Å². The summed E-state index contributed by atoms with van der Waals surface area (Å²) in [6.07, 6.45) is 2.94. The lowest BCUT2D eigenvalue weighted by molar-refractivity contribution is -0.143. The van der Waals surface area contributed by atoms with Crippen LogP contribution in [0.25, 0.3) is 0 Å². The minimum absolute atomic E-state index is 0.0165. The van der Waals surface area contributed by atoms with Crippen LogP contribution in [0.4, 0.5) is 0 Å². The molecule has 598 valence electrons. The van der Waals surface area contributed by atoms with E-state index in [2.05, 4.69) is 63.8 Å². The molecule has 0 spiro atoms. The van der Waals surface area contributed by atoms with Crippen LogP contribution >= 0.6 is 0 Å². The first kappa shape index (κ1) is 94.9. The number of aliphatic hydroxyl groups is 1. The predicted octanol–water partition coefficient (Wildman–Crippen LogP) is -1.20. The number of carboxylic acids is 1. The number of rotatable bonds is 52. The molecular formula is C72H129N17O16. The van der Waals surface area contributed by atoms with Gasteiger partial charge in [-0.1, -0.05) is 102 Å². The summed E-state index contributed by atoms with van der Waals surface area (Å²) in [6, 6.07) is -11.3. The number of carbonyl (C=O) groups excluding carboxylic acids is 12. The Bertz CT molecular complexity index is 2920. The number of amides is 12. The Kier molecular flexibility index (Phi) is 44.9. The number of benzene rings is 1. The summed E-state index contributed by atoms with van der Waals surface area (Å²) in [6.45, 7) is 24.0. The molecule has 0 aliphatic heterocycles. The average molecular weight is 1490 g/mol. The first-order chi connectivity index (χ1) is 49.2. The van der Waals surface area contributed by atoms with Crippen molar-refractivity contribution in [3.05, 3.63) is 29.8 Å². The van der Waals surface area contributed by atoms with Crippen LogP contribution in [-0.2, 0) is 68.7 Å². The summed E-state index contributed by atoms with van der Waals surface area (Å²) in [4.78, 5) is 181. The van der Waals surface area contributed by atoms with E-state index in [-0.39, 0.29) is 69.2 Å². The fraction of sp³-hybridized carbons (Fsp3) is 0.736. The molecule has 14 atom stereocenters. The molecule has 1 aromatic rings. The van der Waals surface area contributed by atoms with E-state index in [1.807, 2.05) is 0 Å². The fourth-order valence-corrected chi connectivity index (χ4v) is 11.2. The van der Waals surface area contributed by atoms with Crippen molar-refractivity contribution in [2.75, 3.05) is 26.2 Å². The normalized spacial score (nSPS) is 15.6. The number of phenolic OH excluding ortho intramolecular Hbond substituents is 1. The van der Waals surface area contributed by atoms with Crippen molar-refractivity contribution >= 4 is 76.9 Å². The van der Waals surface area contributed by atoms with Gasteiger partial charge in [-0.25, -0.2) is 4.79 Å². The SMILES string of the molecule is CC(C)C[C@H](NC(=O)[C@@H](NC(=O)[C@H](Cc1ccc(O)cc1)NC(=O)[C@@H](NC(=O)[C@H](C)NC(=O)[C@H](CC(C)C)NC(=O)[C@@H](NC(=O)[C@@H](NC(=O)[C@H](CCCCN)NC(=O)[C@H](CCCCN)NC(=O)[C@H](CCCCN)NC(=O)[C@@H](N)CCCCN)C(C)C)C(C)C)[C@@H](C)O)C(C)C)C(=O)N[C@H](C(=O)O)C(C)C. The largest absolute Gasteiger partial charge is 0.508 e. The maximum Gasteiger partial charge on any atom is 0.326 e. The zero-order valence-electron chi connectivity index (χ0n) is 64.3. The summed E-state index contributed by atoms with van der Waals surface area (Å²) in [5.74, 6) is -13.8. The second kappa shape index (κ2) is 49.6. The number of carbonyl (C=O) groups is 13. The topological polar surface area (TPSA) is 557 Å². The van der Waals surface area contributed by atoms with E-state index < -0.39 is 185 Å². The van der Waals surface area contributed by atoms with E-state index >= 15 is 0 Å². The number of nitrogens with two attached hydrogens (primary N) is 5. The van der Waals surface area contributed by atoms with Gasteiger partial charge in [0.05, 0.1) is 12.1 Å². The molecule has 0 aliphatic carbocycles. The standard InChI is InChI=1S/C72H129N17O16/c1-38(2)35-52(65(97)78-44(13)60(92)89-59(45(14)90)71(103)84-54(37-46-27-29-47(91)30-28-46)67(99)86-55(40(5)6)68(100)83-53(36-39(3)4)66(98)88-58(43(11)12)72(104)105)82-69(101)56(41(7)8)87-70(102)57(42(9)10)85-64(96)51(26-18-22-34-76)81-63(95)50(25-17-21-33-75)80-62(94)49(24-16-20-32-74)79-61(93)48(77)23-15-19-31-73/h27-30,38-45,48-59,90-91H,15-26,31-37,73-77H2,1-14H3,(H,78,97)(H,79,93)(H,80,94)(H,81,95)(H,82,101)(H,83,100)(H,84,103)(H,85,96)(H,86,99)(H,87,102)(H,88,98)(H,89,92)(H,104,105)/t44-,45+,48-,49-,50-,51-,52-,53-,54-,55-,56-,57-,58-,59-/m0/s1. The molecule has 0 bridgehead atoms. The van der Waals surface area contributed by atoms with Crippen LogP contribution in [0.15, 0.2) is 24.3 Å². The van der Waals surface area contributed by atoms with E-state index in [0.717, 1.165) is 0 Å². The molecule has 0 heterocycles. The number of aliphatic carboxylic acids is 1. The molecule has 12 amide bonds. The number of unbranched alkanes of at least 4 members (excludes halogenated alkanes) is 4. The third-order valence-electron chi connectivity index (χ3n) is 17.5. The molecule has 0 saturated heterocycles. The number of aromatic hydroxyl groups is 1. The van der Waals surface area contributed by atoms with Gasteiger partial charge in [-0.2, -0.15) is 0 Å². The molecule has 0 saturated carbocycles. The number of hydrogen-bond acceptors (Lipinski definition) is 20. The fourth-order valence-electron chi connectivity index (χ4n) is 11.2. The van der Waals surface area contributed by atoms with Crippen LogP contribution in [-0.4, -0.2) is 203 Å². The Morgan fingerprint density at radius 2 is 0.619 bits per heavy atom. The van der Waals surface area contributed by atoms with Crippen molar-refractivity contribution in [1.29, 1.82) is 0 Å². The van der Waals surface area contributed by atoms with Gasteiger partial charge in [0.1, 0.15) is 78.3 Å². The van der Waals surface area contributed by atoms with Gasteiger partial charge < -0.3 is 108 Å². The molecule has 1 aromatic carbocycles. The molecule has 105 heavy (non-hydrogen) atoms. The second-order valence-corrected chi connectivity index (χ2v) is 29.5. The number of aliphatic hydroxyl groups excluding tert-OH is 1. The molecule has 33 nitrogen and oxygen atoms in total. The van der Waals surface area contributed by atoms with Gasteiger partial charge in [0.25, 0.3) is 0 Å². The minimum Gasteiger partial charge on any atom is -0.508 e. The monoisotopic (exact) mass is 1490 g/mol. The van der Waals surface area contributed by atoms with Gasteiger partial charge >= 0.3 is 5.97 Å². The number of hydrogen-bond donors (Lipinski definition) is 20. The molecule has 0 unspecified atom stereocenters. The highest BCUT2D eigenvalue weighted by Crippen LogP contribution is 2.17. The van der Waals surface area contributed by atoms with Gasteiger partial charge in [-0.05, 0) is 177 Å². The molecular weight excluding hydrogens is 1360 g/mol. The van der Waals surface area contributed by atoms with E-state index in [4.69, 9.17) is 28.7 Å². The summed E-state index contributed by atoms with van der Waals surface area (Å²) in [5, 5.41) is 62.6. The summed E-state index contributed by atoms with van der Waals surface area (Å²) in [5.41, 5.74) is 29.6.